The van der Waals surface area contributed by atoms with Crippen molar-refractivity contribution in [2.75, 3.05) is 19.6 Å². The number of carbonyl (C=O) groups is 2. The Labute approximate surface area is 149 Å². The molecule has 25 heavy (non-hydrogen) atoms. The minimum atomic E-state index is -0.292. The maximum atomic E-state index is 13.0. The van der Waals surface area contributed by atoms with Gasteiger partial charge in [-0.25, -0.2) is 0 Å². The molecule has 0 aliphatic carbocycles. The highest BCUT2D eigenvalue weighted by Crippen LogP contribution is 2.24. The third kappa shape index (κ3) is 4.21. The standard InChI is InChI=1S/C18H29N5O2/c1-14(18(25)21-9-4-6-15(12-21)17(19)24)23-11-3-2-7-16(23)13-22-10-5-8-20-22/h5,8,10,14-16H,2-4,6-7,9,11-13H2,1H3,(H2,19,24). The molecule has 0 saturated carbocycles. The Morgan fingerprint density at radius 3 is 2.80 bits per heavy atom. The number of aromatic nitrogens is 2. The molecule has 3 heterocycles. The third-order valence-electron chi connectivity index (χ3n) is 5.62. The summed E-state index contributed by atoms with van der Waals surface area (Å²) in [6.45, 7) is 4.94. The Kier molecular flexibility index (Phi) is 5.73. The van der Waals surface area contributed by atoms with Crippen molar-refractivity contribution in [2.24, 2.45) is 11.7 Å². The van der Waals surface area contributed by atoms with E-state index >= 15 is 0 Å². The van der Waals surface area contributed by atoms with Crippen molar-refractivity contribution in [3.8, 4) is 0 Å². The minimum Gasteiger partial charge on any atom is -0.369 e. The number of primary amides is 1. The fourth-order valence-corrected chi connectivity index (χ4v) is 4.17. The zero-order valence-corrected chi connectivity index (χ0v) is 15.0. The van der Waals surface area contributed by atoms with Crippen LogP contribution in [0.15, 0.2) is 18.5 Å². The van der Waals surface area contributed by atoms with Crippen LogP contribution in [0.25, 0.3) is 0 Å². The van der Waals surface area contributed by atoms with Gasteiger partial charge in [0.05, 0.1) is 18.5 Å². The van der Waals surface area contributed by atoms with Crippen molar-refractivity contribution in [1.82, 2.24) is 19.6 Å². The van der Waals surface area contributed by atoms with Crippen LogP contribution in [0.3, 0.4) is 0 Å². The van der Waals surface area contributed by atoms with E-state index in [-0.39, 0.29) is 23.8 Å². The minimum absolute atomic E-state index is 0.123. The smallest absolute Gasteiger partial charge is 0.239 e. The van der Waals surface area contributed by atoms with Gasteiger partial charge in [-0.2, -0.15) is 5.10 Å². The first-order valence-electron chi connectivity index (χ1n) is 9.37. The van der Waals surface area contributed by atoms with E-state index in [0.29, 0.717) is 12.6 Å². The Morgan fingerprint density at radius 1 is 1.24 bits per heavy atom. The van der Waals surface area contributed by atoms with Crippen LogP contribution in [0.2, 0.25) is 0 Å². The van der Waals surface area contributed by atoms with Gasteiger partial charge in [0.1, 0.15) is 0 Å². The lowest BCUT2D eigenvalue weighted by Gasteiger charge is -2.42. The number of rotatable bonds is 5. The van der Waals surface area contributed by atoms with E-state index in [9.17, 15) is 9.59 Å². The summed E-state index contributed by atoms with van der Waals surface area (Å²) in [5, 5.41) is 4.31. The average Bonchev–Trinajstić information content (AvgIpc) is 3.14. The number of nitrogens with zero attached hydrogens (tertiary/aromatic N) is 4. The summed E-state index contributed by atoms with van der Waals surface area (Å²) in [6, 6.07) is 2.08. The van der Waals surface area contributed by atoms with Crippen molar-refractivity contribution in [3.05, 3.63) is 18.5 Å². The lowest BCUT2D eigenvalue weighted by molar-refractivity contribution is -0.141. The second-order valence-electron chi connectivity index (χ2n) is 7.32. The molecular weight excluding hydrogens is 318 g/mol. The molecular formula is C18H29N5O2. The van der Waals surface area contributed by atoms with E-state index in [4.69, 9.17) is 5.73 Å². The lowest BCUT2D eigenvalue weighted by atomic mass is 9.96. The first-order chi connectivity index (χ1) is 12.1. The third-order valence-corrected chi connectivity index (χ3v) is 5.62. The normalized spacial score (nSPS) is 26.4. The largest absolute Gasteiger partial charge is 0.369 e. The molecule has 2 saturated heterocycles. The molecule has 2 amide bonds. The Morgan fingerprint density at radius 2 is 2.08 bits per heavy atom. The summed E-state index contributed by atoms with van der Waals surface area (Å²) < 4.78 is 1.95. The van der Waals surface area contributed by atoms with Gasteiger partial charge in [0.15, 0.2) is 0 Å². The van der Waals surface area contributed by atoms with Crippen molar-refractivity contribution in [2.45, 2.75) is 57.7 Å². The van der Waals surface area contributed by atoms with Crippen LogP contribution >= 0.6 is 0 Å². The van der Waals surface area contributed by atoms with Gasteiger partial charge in [0.2, 0.25) is 11.8 Å². The molecule has 0 bridgehead atoms. The van der Waals surface area contributed by atoms with Gasteiger partial charge >= 0.3 is 0 Å². The molecule has 0 radical (unpaired) electrons. The summed E-state index contributed by atoms with van der Waals surface area (Å²) in [5.74, 6) is -0.371. The SMILES string of the molecule is CC(C(=O)N1CCCC(C(N)=O)C1)N1CCCCC1Cn1cccn1. The maximum absolute atomic E-state index is 13.0. The summed E-state index contributed by atoms with van der Waals surface area (Å²) in [5.41, 5.74) is 5.45. The highest BCUT2D eigenvalue weighted by Gasteiger charge is 2.35. The predicted octanol–water partition coefficient (Wildman–Crippen LogP) is 0.850. The molecule has 3 rings (SSSR count). The molecule has 2 fully saturated rings. The Bertz CT molecular complexity index is 588. The Balaban J connectivity index is 1.65. The molecule has 7 heteroatoms. The number of likely N-dealkylation sites (tertiary alicyclic amines) is 2. The number of hydrogen-bond donors (Lipinski definition) is 1. The van der Waals surface area contributed by atoms with Gasteiger partial charge in [-0.05, 0) is 45.2 Å². The zero-order chi connectivity index (χ0) is 17.8. The molecule has 2 N–H and O–H groups in total. The number of amides is 2. The van der Waals surface area contributed by atoms with Crippen LogP contribution in [0.5, 0.6) is 0 Å². The summed E-state index contributed by atoms with van der Waals surface area (Å²) >= 11 is 0. The molecule has 3 atom stereocenters. The predicted molar refractivity (Wildman–Crippen MR) is 94.5 cm³/mol. The Hall–Kier alpha value is -1.89. The molecule has 0 aromatic carbocycles. The van der Waals surface area contributed by atoms with Gasteiger partial charge in [-0.15, -0.1) is 0 Å². The topological polar surface area (TPSA) is 84.5 Å². The van der Waals surface area contributed by atoms with Gasteiger partial charge < -0.3 is 10.6 Å². The van der Waals surface area contributed by atoms with E-state index in [1.807, 2.05) is 28.8 Å². The monoisotopic (exact) mass is 347 g/mol. The van der Waals surface area contributed by atoms with Crippen LogP contribution in [0, 0.1) is 5.92 Å². The highest BCUT2D eigenvalue weighted by atomic mass is 16.2. The van der Waals surface area contributed by atoms with Gasteiger partial charge in [0, 0.05) is 31.5 Å². The van der Waals surface area contributed by atoms with E-state index in [1.165, 1.54) is 6.42 Å². The second-order valence-corrected chi connectivity index (χ2v) is 7.32. The quantitative estimate of drug-likeness (QED) is 0.856. The van der Waals surface area contributed by atoms with E-state index in [1.54, 1.807) is 6.20 Å². The van der Waals surface area contributed by atoms with Crippen LogP contribution in [-0.4, -0.2) is 63.1 Å². The van der Waals surface area contributed by atoms with Crippen LogP contribution in [-0.2, 0) is 16.1 Å². The van der Waals surface area contributed by atoms with Crippen LogP contribution in [0.4, 0.5) is 0 Å². The molecule has 1 aromatic heterocycles. The fraction of sp³-hybridized carbons (Fsp3) is 0.722. The summed E-state index contributed by atoms with van der Waals surface area (Å²) in [7, 11) is 0. The average molecular weight is 347 g/mol. The lowest BCUT2D eigenvalue weighted by Crippen LogP contribution is -2.55. The molecule has 138 valence electrons. The maximum Gasteiger partial charge on any atom is 0.239 e. The van der Waals surface area contributed by atoms with Crippen molar-refractivity contribution >= 4 is 11.8 Å². The molecule has 7 nitrogen and oxygen atoms in total. The number of hydrogen-bond acceptors (Lipinski definition) is 4. The van der Waals surface area contributed by atoms with E-state index < -0.39 is 0 Å². The molecule has 1 aromatic rings. The fourth-order valence-electron chi connectivity index (χ4n) is 4.17. The zero-order valence-electron chi connectivity index (χ0n) is 15.0. The highest BCUT2D eigenvalue weighted by molar-refractivity contribution is 5.83. The van der Waals surface area contributed by atoms with Gasteiger partial charge in [-0.1, -0.05) is 6.42 Å². The van der Waals surface area contributed by atoms with E-state index in [2.05, 4.69) is 10.00 Å². The molecule has 2 aliphatic heterocycles. The molecule has 0 spiro atoms. The number of piperidine rings is 2. The molecule has 2 aliphatic rings. The first-order valence-corrected chi connectivity index (χ1v) is 9.37. The van der Waals surface area contributed by atoms with Crippen LogP contribution < -0.4 is 5.73 Å². The number of carbonyl (C=O) groups excluding carboxylic acids is 2. The van der Waals surface area contributed by atoms with Crippen molar-refractivity contribution < 1.29 is 9.59 Å². The van der Waals surface area contributed by atoms with Gasteiger partial charge in [0.25, 0.3) is 0 Å². The molecule has 3 unspecified atom stereocenters. The van der Waals surface area contributed by atoms with Crippen LogP contribution in [0.1, 0.15) is 39.0 Å². The van der Waals surface area contributed by atoms with E-state index in [0.717, 1.165) is 45.3 Å². The summed E-state index contributed by atoms with van der Waals surface area (Å²) in [6.07, 6.45) is 8.80. The first kappa shape index (κ1) is 17.9. The van der Waals surface area contributed by atoms with Crippen molar-refractivity contribution in [3.63, 3.8) is 0 Å². The van der Waals surface area contributed by atoms with Crippen molar-refractivity contribution in [1.29, 1.82) is 0 Å². The number of nitrogens with two attached hydrogens (primary N) is 1. The van der Waals surface area contributed by atoms with Gasteiger partial charge in [-0.3, -0.25) is 19.2 Å². The summed E-state index contributed by atoms with van der Waals surface area (Å²) in [4.78, 5) is 28.7. The second kappa shape index (κ2) is 7.99.